The molecule has 0 aliphatic carbocycles. The molecule has 1 aromatic heterocycles. The summed E-state index contributed by atoms with van der Waals surface area (Å²) in [5.74, 6) is 0.569. The summed E-state index contributed by atoms with van der Waals surface area (Å²) in [6, 6.07) is 16.9. The van der Waals surface area contributed by atoms with E-state index in [1.54, 1.807) is 33.1 Å². The number of aromatic nitrogens is 2. The Bertz CT molecular complexity index is 1540. The van der Waals surface area contributed by atoms with Gasteiger partial charge in [0.25, 0.3) is 5.91 Å². The highest BCUT2D eigenvalue weighted by Gasteiger charge is 2.27. The molecule has 1 heterocycles. The largest absolute Gasteiger partial charge is 0.493 e. The number of benzene rings is 3. The van der Waals surface area contributed by atoms with Crippen molar-refractivity contribution in [2.45, 2.75) is 33.4 Å². The summed E-state index contributed by atoms with van der Waals surface area (Å²) < 4.78 is 13.6. The zero-order valence-corrected chi connectivity index (χ0v) is 22.9. The van der Waals surface area contributed by atoms with Crippen LogP contribution in [0.1, 0.15) is 35.5 Å². The Morgan fingerprint density at radius 3 is 2.68 bits per heavy atom. The molecule has 0 radical (unpaired) electrons. The number of hydrogen-bond acceptors (Lipinski definition) is 7. The number of amides is 1. The number of rotatable bonds is 9. The van der Waals surface area contributed by atoms with Gasteiger partial charge in [-0.1, -0.05) is 42.5 Å². The van der Waals surface area contributed by atoms with E-state index in [4.69, 9.17) is 9.47 Å². The maximum absolute atomic E-state index is 12.6. The number of nitrogens with one attached hydrogen (secondary N) is 1. The number of hydrogen-bond donors (Lipinski definition) is 1. The summed E-state index contributed by atoms with van der Waals surface area (Å²) >= 11 is 3.54. The van der Waals surface area contributed by atoms with Gasteiger partial charge in [0.15, 0.2) is 11.5 Å². The van der Waals surface area contributed by atoms with Gasteiger partial charge >= 0.3 is 5.69 Å². The van der Waals surface area contributed by atoms with E-state index in [1.165, 1.54) is 17.8 Å². The Morgan fingerprint density at radius 2 is 1.97 bits per heavy atom. The molecule has 0 saturated carbocycles. The van der Waals surface area contributed by atoms with Gasteiger partial charge in [-0.2, -0.15) is 10.2 Å². The Kier molecular flexibility index (Phi) is 8.06. The molecule has 11 heteroatoms. The molecule has 38 heavy (non-hydrogen) atoms. The molecule has 0 bridgehead atoms. The van der Waals surface area contributed by atoms with E-state index in [9.17, 15) is 14.9 Å². The second kappa shape index (κ2) is 11.4. The molecule has 0 aliphatic heterocycles. The van der Waals surface area contributed by atoms with Crippen molar-refractivity contribution < 1.29 is 19.2 Å². The molecule has 0 fully saturated rings. The van der Waals surface area contributed by atoms with Crippen LogP contribution in [-0.2, 0) is 11.4 Å². The molecule has 0 aliphatic rings. The average Bonchev–Trinajstić information content (AvgIpc) is 3.20. The standard InChI is InChI=1S/C27H26BrN5O5/c1-16-25(33(35)36)17(2)32(31-16)18(3)27(34)30-29-14-19-12-23(28)26(24(13-19)37-4)38-15-21-10-7-9-20-8-5-6-11-22(20)21/h5-14,18H,15H2,1-4H3,(H,30,34)/b29-14+. The first-order chi connectivity index (χ1) is 18.2. The van der Waals surface area contributed by atoms with E-state index in [2.05, 4.69) is 49.8 Å². The molecule has 10 nitrogen and oxygen atoms in total. The maximum atomic E-state index is 12.6. The van der Waals surface area contributed by atoms with Crippen molar-refractivity contribution in [3.63, 3.8) is 0 Å². The van der Waals surface area contributed by atoms with Gasteiger partial charge in [-0.25, -0.2) is 5.43 Å². The van der Waals surface area contributed by atoms with Crippen LogP contribution in [0.15, 0.2) is 64.2 Å². The van der Waals surface area contributed by atoms with E-state index in [1.807, 2.05) is 24.3 Å². The molecule has 4 aromatic rings. The van der Waals surface area contributed by atoms with Crippen LogP contribution in [0.4, 0.5) is 5.69 Å². The van der Waals surface area contributed by atoms with Gasteiger partial charge < -0.3 is 9.47 Å². The lowest BCUT2D eigenvalue weighted by molar-refractivity contribution is -0.386. The summed E-state index contributed by atoms with van der Waals surface area (Å²) in [6.45, 7) is 5.03. The molecule has 4 rings (SSSR count). The van der Waals surface area contributed by atoms with Crippen molar-refractivity contribution in [3.8, 4) is 11.5 Å². The Hall–Kier alpha value is -4.25. The van der Waals surface area contributed by atoms with Gasteiger partial charge in [0, 0.05) is 0 Å². The van der Waals surface area contributed by atoms with Crippen LogP contribution in [0.25, 0.3) is 10.8 Å². The third-order valence-corrected chi connectivity index (χ3v) is 6.70. The highest BCUT2D eigenvalue weighted by molar-refractivity contribution is 9.10. The van der Waals surface area contributed by atoms with Gasteiger partial charge in [-0.05, 0) is 70.7 Å². The first kappa shape index (κ1) is 26.8. The number of ether oxygens (including phenoxy) is 2. The second-order valence-corrected chi connectivity index (χ2v) is 9.45. The SMILES string of the molecule is COc1cc(/C=N/NC(=O)C(C)n2nc(C)c([N+](=O)[O-])c2C)cc(Br)c1OCc1cccc2ccccc12. The lowest BCUT2D eigenvalue weighted by Gasteiger charge is -2.15. The van der Waals surface area contributed by atoms with E-state index >= 15 is 0 Å². The molecule has 1 amide bonds. The molecule has 196 valence electrons. The minimum Gasteiger partial charge on any atom is -0.493 e. The van der Waals surface area contributed by atoms with Gasteiger partial charge in [0.05, 0.1) is 22.7 Å². The molecule has 1 N–H and O–H groups in total. The summed E-state index contributed by atoms with van der Waals surface area (Å²) in [7, 11) is 1.55. The normalized spacial score (nSPS) is 12.0. The van der Waals surface area contributed by atoms with Crippen LogP contribution in [-0.4, -0.2) is 33.9 Å². The van der Waals surface area contributed by atoms with E-state index in [0.29, 0.717) is 33.8 Å². The number of halogens is 1. The summed E-state index contributed by atoms with van der Waals surface area (Å²) in [4.78, 5) is 23.4. The second-order valence-electron chi connectivity index (χ2n) is 8.59. The number of nitro groups is 1. The summed E-state index contributed by atoms with van der Waals surface area (Å²) in [6.07, 6.45) is 1.47. The summed E-state index contributed by atoms with van der Waals surface area (Å²) in [5, 5.41) is 21.7. The molecule has 1 unspecified atom stereocenters. The fourth-order valence-electron chi connectivity index (χ4n) is 4.19. The van der Waals surface area contributed by atoms with Crippen LogP contribution < -0.4 is 14.9 Å². The Balaban J connectivity index is 1.46. The third kappa shape index (κ3) is 5.52. The van der Waals surface area contributed by atoms with Crippen molar-refractivity contribution in [3.05, 3.63) is 91.7 Å². The van der Waals surface area contributed by atoms with Crippen molar-refractivity contribution >= 4 is 44.5 Å². The number of carbonyl (C=O) groups excluding carboxylic acids is 1. The van der Waals surface area contributed by atoms with Gasteiger partial charge in [-0.3, -0.25) is 19.6 Å². The number of fused-ring (bicyclic) bond motifs is 1. The van der Waals surface area contributed by atoms with Crippen LogP contribution in [0, 0.1) is 24.0 Å². The zero-order valence-electron chi connectivity index (χ0n) is 21.3. The minimum atomic E-state index is -0.800. The van der Waals surface area contributed by atoms with Crippen molar-refractivity contribution in [1.29, 1.82) is 0 Å². The third-order valence-electron chi connectivity index (χ3n) is 6.11. The fourth-order valence-corrected chi connectivity index (χ4v) is 4.77. The lowest BCUT2D eigenvalue weighted by Crippen LogP contribution is -2.28. The van der Waals surface area contributed by atoms with Crippen molar-refractivity contribution in [2.24, 2.45) is 5.10 Å². The molecule has 3 aromatic carbocycles. The van der Waals surface area contributed by atoms with Gasteiger partial charge in [0.1, 0.15) is 24.0 Å². The van der Waals surface area contributed by atoms with Gasteiger partial charge in [-0.15, -0.1) is 0 Å². The van der Waals surface area contributed by atoms with Gasteiger partial charge in [0.2, 0.25) is 0 Å². The first-order valence-electron chi connectivity index (χ1n) is 11.7. The number of hydrazone groups is 1. The number of methoxy groups -OCH3 is 1. The Labute approximate surface area is 227 Å². The van der Waals surface area contributed by atoms with Crippen molar-refractivity contribution in [2.75, 3.05) is 7.11 Å². The minimum absolute atomic E-state index is 0.104. The average molecular weight is 580 g/mol. The monoisotopic (exact) mass is 579 g/mol. The molecular formula is C27H26BrN5O5. The van der Waals surface area contributed by atoms with Crippen LogP contribution >= 0.6 is 15.9 Å². The van der Waals surface area contributed by atoms with E-state index in [0.717, 1.165) is 16.3 Å². The molecule has 0 saturated heterocycles. The van der Waals surface area contributed by atoms with Crippen molar-refractivity contribution in [1.82, 2.24) is 15.2 Å². The predicted molar refractivity (Wildman–Crippen MR) is 148 cm³/mol. The maximum Gasteiger partial charge on any atom is 0.312 e. The number of nitrogens with zero attached hydrogens (tertiary/aromatic N) is 4. The summed E-state index contributed by atoms with van der Waals surface area (Å²) in [5.41, 5.74) is 4.60. The molecule has 1 atom stereocenters. The Morgan fingerprint density at radius 1 is 1.24 bits per heavy atom. The number of aryl methyl sites for hydroxylation is 1. The number of carbonyl (C=O) groups is 1. The quantitative estimate of drug-likeness (QED) is 0.156. The lowest BCUT2D eigenvalue weighted by atomic mass is 10.1. The van der Waals surface area contributed by atoms with Crippen LogP contribution in [0.2, 0.25) is 0 Å². The highest BCUT2D eigenvalue weighted by atomic mass is 79.9. The predicted octanol–water partition coefficient (Wildman–Crippen LogP) is 5.62. The molecular weight excluding hydrogens is 554 g/mol. The van der Waals surface area contributed by atoms with E-state index in [-0.39, 0.29) is 11.4 Å². The van der Waals surface area contributed by atoms with E-state index < -0.39 is 16.9 Å². The first-order valence-corrected chi connectivity index (χ1v) is 12.5. The smallest absolute Gasteiger partial charge is 0.312 e. The molecule has 0 spiro atoms. The highest BCUT2D eigenvalue weighted by Crippen LogP contribution is 2.37. The van der Waals surface area contributed by atoms with Crippen LogP contribution in [0.3, 0.4) is 0 Å². The fraction of sp³-hybridized carbons (Fsp3) is 0.222. The topological polar surface area (TPSA) is 121 Å². The van der Waals surface area contributed by atoms with Crippen LogP contribution in [0.5, 0.6) is 11.5 Å². The zero-order chi connectivity index (χ0) is 27.4.